The summed E-state index contributed by atoms with van der Waals surface area (Å²) in [6.45, 7) is 1.99. The van der Waals surface area contributed by atoms with Crippen LogP contribution < -0.4 is 0 Å². The smallest absolute Gasteiger partial charge is 0.125 e. The average molecular weight is 140 g/mol. The second kappa shape index (κ2) is 2.99. The van der Waals surface area contributed by atoms with Crippen LogP contribution in [0, 0.1) is 0 Å². The normalized spacial score (nSPS) is 31.0. The minimum absolute atomic E-state index is 0.450. The van der Waals surface area contributed by atoms with Crippen LogP contribution in [0.2, 0.25) is 0 Å². The molecule has 0 saturated carbocycles. The Labute approximate surface area is 60.7 Å². The fraction of sp³-hybridized carbons (Fsp3) is 0.500. The number of hydrogen-bond donors (Lipinski definition) is 1. The molecule has 1 N–H and O–H groups in total. The summed E-state index contributed by atoms with van der Waals surface area (Å²) in [5, 5.41) is 8.56. The van der Waals surface area contributed by atoms with Crippen molar-refractivity contribution in [2.75, 3.05) is 0 Å². The number of hydrogen-bond acceptors (Lipinski definition) is 2. The Morgan fingerprint density at radius 2 is 2.40 bits per heavy atom. The zero-order valence-electron chi connectivity index (χ0n) is 6.08. The monoisotopic (exact) mass is 140 g/mol. The summed E-state index contributed by atoms with van der Waals surface area (Å²) in [7, 11) is 0. The molecule has 0 aromatic carbocycles. The molecule has 10 heavy (non-hydrogen) atoms. The molecule has 1 unspecified atom stereocenters. The SMILES string of the molecule is CCC1(OO)C=CC=CC1. The molecule has 0 fully saturated rings. The molecule has 2 nitrogen and oxygen atoms in total. The van der Waals surface area contributed by atoms with E-state index in [4.69, 9.17) is 5.26 Å². The zero-order valence-corrected chi connectivity index (χ0v) is 6.08. The lowest BCUT2D eigenvalue weighted by molar-refractivity contribution is -0.307. The van der Waals surface area contributed by atoms with E-state index in [1.54, 1.807) is 0 Å². The Hall–Kier alpha value is -0.600. The fourth-order valence-corrected chi connectivity index (χ4v) is 1.04. The van der Waals surface area contributed by atoms with E-state index in [1.807, 2.05) is 31.2 Å². The van der Waals surface area contributed by atoms with Crippen molar-refractivity contribution in [3.8, 4) is 0 Å². The summed E-state index contributed by atoms with van der Waals surface area (Å²) in [6.07, 6.45) is 9.27. The second-order valence-electron chi connectivity index (χ2n) is 2.50. The van der Waals surface area contributed by atoms with Crippen LogP contribution in [0.1, 0.15) is 19.8 Å². The van der Waals surface area contributed by atoms with E-state index in [-0.39, 0.29) is 0 Å². The van der Waals surface area contributed by atoms with Crippen molar-refractivity contribution >= 4 is 0 Å². The van der Waals surface area contributed by atoms with Gasteiger partial charge in [0.2, 0.25) is 0 Å². The van der Waals surface area contributed by atoms with Crippen molar-refractivity contribution in [1.29, 1.82) is 0 Å². The minimum atomic E-state index is -0.450. The van der Waals surface area contributed by atoms with Gasteiger partial charge in [0.25, 0.3) is 0 Å². The van der Waals surface area contributed by atoms with E-state index in [1.165, 1.54) is 0 Å². The third-order valence-electron chi connectivity index (χ3n) is 1.89. The highest BCUT2D eigenvalue weighted by Gasteiger charge is 2.25. The first-order chi connectivity index (χ1) is 4.83. The first kappa shape index (κ1) is 7.51. The van der Waals surface area contributed by atoms with Gasteiger partial charge in [-0.25, -0.2) is 4.89 Å². The van der Waals surface area contributed by atoms with Crippen molar-refractivity contribution in [1.82, 2.24) is 0 Å². The first-order valence-electron chi connectivity index (χ1n) is 3.50. The lowest BCUT2D eigenvalue weighted by Gasteiger charge is -2.25. The van der Waals surface area contributed by atoms with Gasteiger partial charge in [0.05, 0.1) is 0 Å². The second-order valence-corrected chi connectivity index (χ2v) is 2.50. The van der Waals surface area contributed by atoms with Crippen LogP contribution in [-0.4, -0.2) is 10.9 Å². The van der Waals surface area contributed by atoms with Crippen molar-refractivity contribution < 1.29 is 10.1 Å². The van der Waals surface area contributed by atoms with Gasteiger partial charge in [0, 0.05) is 6.42 Å². The predicted molar refractivity (Wildman–Crippen MR) is 39.6 cm³/mol. The van der Waals surface area contributed by atoms with Crippen LogP contribution in [0.3, 0.4) is 0 Å². The van der Waals surface area contributed by atoms with Crippen LogP contribution in [0.25, 0.3) is 0 Å². The highest BCUT2D eigenvalue weighted by molar-refractivity contribution is 5.17. The Bertz CT molecular complexity index is 155. The molecule has 2 heteroatoms. The zero-order chi connectivity index (χ0) is 7.45. The standard InChI is InChI=1S/C8H12O2/c1-2-8(10-9)6-4-3-5-7-8/h3-6,9H,2,7H2,1H3. The molecule has 0 aromatic rings. The first-order valence-corrected chi connectivity index (χ1v) is 3.50. The molecule has 1 aliphatic rings. The largest absolute Gasteiger partial charge is 0.251 e. The van der Waals surface area contributed by atoms with Gasteiger partial charge in [0.1, 0.15) is 5.60 Å². The molecule has 0 saturated heterocycles. The van der Waals surface area contributed by atoms with Crippen LogP contribution in [-0.2, 0) is 4.89 Å². The van der Waals surface area contributed by atoms with Crippen molar-refractivity contribution in [2.45, 2.75) is 25.4 Å². The van der Waals surface area contributed by atoms with E-state index in [2.05, 4.69) is 4.89 Å². The van der Waals surface area contributed by atoms with E-state index in [0.29, 0.717) is 0 Å². The van der Waals surface area contributed by atoms with Gasteiger partial charge in [-0.2, -0.15) is 0 Å². The van der Waals surface area contributed by atoms with E-state index >= 15 is 0 Å². The summed E-state index contributed by atoms with van der Waals surface area (Å²) in [6, 6.07) is 0. The summed E-state index contributed by atoms with van der Waals surface area (Å²) >= 11 is 0. The maximum Gasteiger partial charge on any atom is 0.125 e. The molecule has 0 spiro atoms. The molecule has 0 aromatic heterocycles. The number of rotatable bonds is 2. The molecule has 1 atom stereocenters. The van der Waals surface area contributed by atoms with E-state index in [9.17, 15) is 0 Å². The topological polar surface area (TPSA) is 29.5 Å². The van der Waals surface area contributed by atoms with Gasteiger partial charge < -0.3 is 0 Å². The van der Waals surface area contributed by atoms with Gasteiger partial charge in [-0.15, -0.1) is 0 Å². The van der Waals surface area contributed by atoms with Gasteiger partial charge in [0.15, 0.2) is 0 Å². The highest BCUT2D eigenvalue weighted by Crippen LogP contribution is 2.24. The summed E-state index contributed by atoms with van der Waals surface area (Å²) in [5.74, 6) is 0. The van der Waals surface area contributed by atoms with Crippen LogP contribution >= 0.6 is 0 Å². The highest BCUT2D eigenvalue weighted by atomic mass is 17.1. The Morgan fingerprint density at radius 3 is 2.70 bits per heavy atom. The fourth-order valence-electron chi connectivity index (χ4n) is 1.04. The molecule has 0 radical (unpaired) electrons. The summed E-state index contributed by atoms with van der Waals surface area (Å²) in [5.41, 5.74) is -0.450. The third-order valence-corrected chi connectivity index (χ3v) is 1.89. The molecule has 56 valence electrons. The molecule has 0 amide bonds. The summed E-state index contributed by atoms with van der Waals surface area (Å²) in [4.78, 5) is 4.39. The van der Waals surface area contributed by atoms with Crippen molar-refractivity contribution in [2.24, 2.45) is 0 Å². The summed E-state index contributed by atoms with van der Waals surface area (Å²) < 4.78 is 0. The maximum atomic E-state index is 8.56. The van der Waals surface area contributed by atoms with E-state index in [0.717, 1.165) is 12.8 Å². The molecular weight excluding hydrogens is 128 g/mol. The molecule has 1 aliphatic carbocycles. The molecule has 0 heterocycles. The Balaban J connectivity index is 2.66. The molecule has 0 bridgehead atoms. The van der Waals surface area contributed by atoms with Gasteiger partial charge in [-0.3, -0.25) is 5.26 Å². The minimum Gasteiger partial charge on any atom is -0.251 e. The van der Waals surface area contributed by atoms with Gasteiger partial charge in [-0.1, -0.05) is 25.2 Å². The van der Waals surface area contributed by atoms with Gasteiger partial charge >= 0.3 is 0 Å². The third kappa shape index (κ3) is 1.28. The van der Waals surface area contributed by atoms with E-state index < -0.39 is 5.60 Å². The van der Waals surface area contributed by atoms with Crippen molar-refractivity contribution in [3.05, 3.63) is 24.3 Å². The lowest BCUT2D eigenvalue weighted by atomic mass is 9.93. The van der Waals surface area contributed by atoms with Crippen LogP contribution in [0.4, 0.5) is 0 Å². The number of allylic oxidation sites excluding steroid dienone is 2. The van der Waals surface area contributed by atoms with Crippen LogP contribution in [0.15, 0.2) is 24.3 Å². The Kier molecular flexibility index (Phi) is 2.25. The van der Waals surface area contributed by atoms with Gasteiger partial charge in [-0.05, 0) is 12.5 Å². The predicted octanol–water partition coefficient (Wildman–Crippen LogP) is 2.14. The lowest BCUT2D eigenvalue weighted by Crippen LogP contribution is -2.28. The van der Waals surface area contributed by atoms with Crippen LogP contribution in [0.5, 0.6) is 0 Å². The average Bonchev–Trinajstić information content (AvgIpc) is 2.06. The quantitative estimate of drug-likeness (QED) is 0.470. The Morgan fingerprint density at radius 1 is 1.60 bits per heavy atom. The molecule has 1 rings (SSSR count). The maximum absolute atomic E-state index is 8.56. The molecular formula is C8H12O2. The van der Waals surface area contributed by atoms with Crippen molar-refractivity contribution in [3.63, 3.8) is 0 Å². The molecule has 0 aliphatic heterocycles.